The van der Waals surface area contributed by atoms with E-state index >= 15 is 0 Å². The molecule has 5 nitrogen and oxygen atoms in total. The van der Waals surface area contributed by atoms with Crippen molar-refractivity contribution in [2.45, 2.75) is 13.0 Å². The van der Waals surface area contributed by atoms with E-state index in [1.807, 2.05) is 6.92 Å². The monoisotopic (exact) mass is 168 g/mol. The summed E-state index contributed by atoms with van der Waals surface area (Å²) in [5.41, 5.74) is 5.13. The van der Waals surface area contributed by atoms with Crippen molar-refractivity contribution in [3.63, 3.8) is 0 Å². The maximum atomic E-state index is 10.8. The Morgan fingerprint density at radius 1 is 1.92 bits per heavy atom. The summed E-state index contributed by atoms with van der Waals surface area (Å²) in [7, 11) is 0. The third-order valence-electron chi connectivity index (χ3n) is 1.49. The number of amides is 1. The lowest BCUT2D eigenvalue weighted by atomic mass is 10.3. The molecule has 0 radical (unpaired) electrons. The Morgan fingerprint density at radius 3 is 3.17 bits per heavy atom. The molecule has 1 aromatic rings. The average molecular weight is 168 g/mol. The van der Waals surface area contributed by atoms with Crippen LogP contribution in [0.25, 0.3) is 0 Å². The van der Waals surface area contributed by atoms with Crippen LogP contribution >= 0.6 is 0 Å². The number of H-pyrrole nitrogens is 1. The first-order valence-electron chi connectivity index (χ1n) is 3.72. The summed E-state index contributed by atoms with van der Waals surface area (Å²) in [5.74, 6) is 0.552. The zero-order valence-corrected chi connectivity index (χ0v) is 6.87. The summed E-state index contributed by atoms with van der Waals surface area (Å²) in [6, 6.07) is -0.115. The molecular formula is C7H12N4O. The van der Waals surface area contributed by atoms with Crippen molar-refractivity contribution >= 4 is 5.91 Å². The van der Waals surface area contributed by atoms with E-state index < -0.39 is 0 Å². The first kappa shape index (κ1) is 8.73. The van der Waals surface area contributed by atoms with Gasteiger partial charge in [0.25, 0.3) is 0 Å². The number of carbonyl (C=O) groups is 1. The number of carbonyl (C=O) groups excluding carboxylic acids is 1. The lowest BCUT2D eigenvalue weighted by molar-refractivity contribution is -0.120. The van der Waals surface area contributed by atoms with Crippen LogP contribution in [0.1, 0.15) is 18.8 Å². The second kappa shape index (κ2) is 3.87. The Hall–Kier alpha value is -1.36. The first-order valence-corrected chi connectivity index (χ1v) is 3.72. The van der Waals surface area contributed by atoms with Gasteiger partial charge in [-0.05, 0) is 6.92 Å². The minimum atomic E-state index is -0.182. The summed E-state index contributed by atoms with van der Waals surface area (Å²) in [5, 5.41) is 2.67. The number of aromatic amines is 1. The van der Waals surface area contributed by atoms with Crippen molar-refractivity contribution in [3.8, 4) is 0 Å². The third kappa shape index (κ3) is 2.06. The molecule has 0 saturated heterocycles. The molecule has 0 fully saturated rings. The highest BCUT2D eigenvalue weighted by atomic mass is 16.1. The van der Waals surface area contributed by atoms with Crippen molar-refractivity contribution in [1.29, 1.82) is 0 Å². The van der Waals surface area contributed by atoms with E-state index in [0.29, 0.717) is 0 Å². The largest absolute Gasteiger partial charge is 0.347 e. The smallest absolute Gasteiger partial charge is 0.234 e. The molecule has 66 valence electrons. The Bertz CT molecular complexity index is 244. The number of hydrogen-bond donors (Lipinski definition) is 3. The van der Waals surface area contributed by atoms with Gasteiger partial charge in [-0.15, -0.1) is 0 Å². The SMILES string of the molecule is CC(NC(=O)CN)c1ncc[nH]1. The molecule has 1 atom stereocenters. The van der Waals surface area contributed by atoms with Gasteiger partial charge in [-0.2, -0.15) is 0 Å². The second-order valence-corrected chi connectivity index (χ2v) is 2.47. The molecule has 1 amide bonds. The van der Waals surface area contributed by atoms with Crippen LogP contribution < -0.4 is 11.1 Å². The second-order valence-electron chi connectivity index (χ2n) is 2.47. The standard InChI is InChI=1S/C7H12N4O/c1-5(11-6(12)4-8)7-9-2-3-10-7/h2-3,5H,4,8H2,1H3,(H,9,10)(H,11,12). The third-order valence-corrected chi connectivity index (χ3v) is 1.49. The molecule has 1 aromatic heterocycles. The highest BCUT2D eigenvalue weighted by molar-refractivity contribution is 5.78. The predicted molar refractivity (Wildman–Crippen MR) is 44.2 cm³/mol. The number of aromatic nitrogens is 2. The normalized spacial score (nSPS) is 12.5. The van der Waals surface area contributed by atoms with Crippen LogP contribution in [0.4, 0.5) is 0 Å². The van der Waals surface area contributed by atoms with Crippen LogP contribution in [0.5, 0.6) is 0 Å². The average Bonchev–Trinajstić information content (AvgIpc) is 2.56. The number of nitrogens with two attached hydrogens (primary N) is 1. The Morgan fingerprint density at radius 2 is 2.67 bits per heavy atom. The Balaban J connectivity index is 2.49. The molecule has 0 bridgehead atoms. The Kier molecular flexibility index (Phi) is 2.82. The van der Waals surface area contributed by atoms with Crippen LogP contribution in [-0.2, 0) is 4.79 Å². The number of nitrogens with zero attached hydrogens (tertiary/aromatic N) is 1. The lowest BCUT2D eigenvalue weighted by Gasteiger charge is -2.09. The fraction of sp³-hybridized carbons (Fsp3) is 0.429. The quantitative estimate of drug-likeness (QED) is 0.571. The van der Waals surface area contributed by atoms with Crippen molar-refractivity contribution in [2.75, 3.05) is 6.54 Å². The molecule has 1 heterocycles. The molecule has 0 aliphatic heterocycles. The summed E-state index contributed by atoms with van der Waals surface area (Å²) < 4.78 is 0. The minimum absolute atomic E-state index is 0.00501. The molecule has 1 unspecified atom stereocenters. The van der Waals surface area contributed by atoms with Crippen LogP contribution in [0, 0.1) is 0 Å². The summed E-state index contributed by atoms with van der Waals surface area (Å²) >= 11 is 0. The molecule has 1 rings (SSSR count). The molecule has 0 spiro atoms. The van der Waals surface area contributed by atoms with Crippen LogP contribution in [0.3, 0.4) is 0 Å². The van der Waals surface area contributed by atoms with Gasteiger partial charge in [-0.3, -0.25) is 4.79 Å². The fourth-order valence-electron chi connectivity index (χ4n) is 0.883. The highest BCUT2D eigenvalue weighted by Crippen LogP contribution is 2.03. The maximum absolute atomic E-state index is 10.8. The molecule has 5 heteroatoms. The van der Waals surface area contributed by atoms with E-state index in [2.05, 4.69) is 15.3 Å². The van der Waals surface area contributed by atoms with Crippen molar-refractivity contribution in [2.24, 2.45) is 5.73 Å². The lowest BCUT2D eigenvalue weighted by Crippen LogP contribution is -2.32. The van der Waals surface area contributed by atoms with Crippen molar-refractivity contribution < 1.29 is 4.79 Å². The van der Waals surface area contributed by atoms with Gasteiger partial charge < -0.3 is 16.0 Å². The van der Waals surface area contributed by atoms with Crippen LogP contribution in [0.2, 0.25) is 0 Å². The molecule has 0 saturated carbocycles. The van der Waals surface area contributed by atoms with Gasteiger partial charge in [0.2, 0.25) is 5.91 Å². The molecule has 4 N–H and O–H groups in total. The topological polar surface area (TPSA) is 83.8 Å². The fourth-order valence-corrected chi connectivity index (χ4v) is 0.883. The van der Waals surface area contributed by atoms with E-state index in [-0.39, 0.29) is 18.5 Å². The van der Waals surface area contributed by atoms with Gasteiger partial charge >= 0.3 is 0 Å². The van der Waals surface area contributed by atoms with Crippen molar-refractivity contribution in [3.05, 3.63) is 18.2 Å². The van der Waals surface area contributed by atoms with Crippen LogP contribution in [0.15, 0.2) is 12.4 Å². The van der Waals surface area contributed by atoms with Gasteiger partial charge in [0.15, 0.2) is 0 Å². The number of rotatable bonds is 3. The van der Waals surface area contributed by atoms with Crippen LogP contribution in [-0.4, -0.2) is 22.4 Å². The molecule has 0 aliphatic rings. The van der Waals surface area contributed by atoms with Gasteiger partial charge in [0.05, 0.1) is 12.6 Å². The number of imidazole rings is 1. The number of hydrogen-bond acceptors (Lipinski definition) is 3. The number of nitrogens with one attached hydrogen (secondary N) is 2. The minimum Gasteiger partial charge on any atom is -0.347 e. The summed E-state index contributed by atoms with van der Waals surface area (Å²) in [4.78, 5) is 17.7. The van der Waals surface area contributed by atoms with E-state index in [0.717, 1.165) is 5.82 Å². The summed E-state index contributed by atoms with van der Waals surface area (Å²) in [6.45, 7) is 1.84. The maximum Gasteiger partial charge on any atom is 0.234 e. The predicted octanol–water partition coefficient (Wildman–Crippen LogP) is -0.454. The first-order chi connectivity index (χ1) is 5.74. The van der Waals surface area contributed by atoms with Gasteiger partial charge in [0, 0.05) is 12.4 Å². The van der Waals surface area contributed by atoms with Crippen molar-refractivity contribution in [1.82, 2.24) is 15.3 Å². The van der Waals surface area contributed by atoms with E-state index in [1.54, 1.807) is 12.4 Å². The van der Waals surface area contributed by atoms with Gasteiger partial charge in [-0.1, -0.05) is 0 Å². The molecule has 12 heavy (non-hydrogen) atoms. The van der Waals surface area contributed by atoms with Gasteiger partial charge in [-0.25, -0.2) is 4.98 Å². The molecule has 0 aromatic carbocycles. The van der Waals surface area contributed by atoms with Gasteiger partial charge in [0.1, 0.15) is 5.82 Å². The zero-order chi connectivity index (χ0) is 8.97. The summed E-state index contributed by atoms with van der Waals surface area (Å²) in [6.07, 6.45) is 3.35. The van der Waals surface area contributed by atoms with E-state index in [1.165, 1.54) is 0 Å². The molecular weight excluding hydrogens is 156 g/mol. The Labute approximate surface area is 70.4 Å². The zero-order valence-electron chi connectivity index (χ0n) is 6.87. The van der Waals surface area contributed by atoms with E-state index in [9.17, 15) is 4.79 Å². The van der Waals surface area contributed by atoms with E-state index in [4.69, 9.17) is 5.73 Å². The molecule has 0 aliphatic carbocycles. The highest BCUT2D eigenvalue weighted by Gasteiger charge is 2.08.